The van der Waals surface area contributed by atoms with Crippen LogP contribution in [0.3, 0.4) is 0 Å². The first-order valence-electron chi connectivity index (χ1n) is 8.77. The molecule has 1 unspecified atom stereocenters. The van der Waals surface area contributed by atoms with E-state index in [1.807, 2.05) is 6.92 Å². The molecular weight excluding hydrogens is 372 g/mol. The molecule has 11 heteroatoms. The summed E-state index contributed by atoms with van der Waals surface area (Å²) in [6.45, 7) is 2.61. The van der Waals surface area contributed by atoms with Gasteiger partial charge in [0.25, 0.3) is 11.8 Å². The lowest BCUT2D eigenvalue weighted by Gasteiger charge is -2.18. The zero-order valence-corrected chi connectivity index (χ0v) is 15.7. The topological polar surface area (TPSA) is 138 Å². The normalized spacial score (nSPS) is 15.6. The van der Waals surface area contributed by atoms with Gasteiger partial charge >= 0.3 is 0 Å². The largest absolute Gasteiger partial charge is 0.381 e. The van der Waals surface area contributed by atoms with Crippen LogP contribution >= 0.6 is 0 Å². The van der Waals surface area contributed by atoms with E-state index in [0.29, 0.717) is 17.9 Å². The van der Waals surface area contributed by atoms with Crippen molar-refractivity contribution in [2.75, 3.05) is 11.1 Å². The third-order valence-corrected chi connectivity index (χ3v) is 4.99. The number of carbonyl (C=O) groups is 2. The van der Waals surface area contributed by atoms with Gasteiger partial charge in [-0.1, -0.05) is 12.8 Å². The summed E-state index contributed by atoms with van der Waals surface area (Å²) in [5.74, 6) is -1.94. The van der Waals surface area contributed by atoms with Crippen LogP contribution in [0.1, 0.15) is 43.0 Å². The van der Waals surface area contributed by atoms with Gasteiger partial charge in [0.15, 0.2) is 16.7 Å². The van der Waals surface area contributed by atoms with E-state index in [2.05, 4.69) is 26.3 Å². The number of aromatic nitrogens is 3. The Morgan fingerprint density at radius 3 is 2.70 bits per heavy atom. The molecule has 0 spiro atoms. The molecule has 2 aromatic rings. The zero-order chi connectivity index (χ0) is 19.4. The molecule has 0 bridgehead atoms. The molecule has 0 aliphatic heterocycles. The maximum atomic E-state index is 12.6. The second-order valence-corrected chi connectivity index (χ2v) is 7.27. The number of nitrogens with zero attached hydrogens (tertiary/aromatic N) is 3. The highest BCUT2D eigenvalue weighted by molar-refractivity contribution is 7.80. The van der Waals surface area contributed by atoms with E-state index < -0.39 is 28.6 Å². The third-order valence-electron chi connectivity index (χ3n) is 4.48. The monoisotopic (exact) mass is 394 g/mol. The Kier molecular flexibility index (Phi) is 6.01. The van der Waals surface area contributed by atoms with Crippen molar-refractivity contribution in [1.29, 1.82) is 0 Å². The summed E-state index contributed by atoms with van der Waals surface area (Å²) in [6, 6.07) is 0.263. The number of carbonyl (C=O) groups excluding carboxylic acids is 2. The van der Waals surface area contributed by atoms with Gasteiger partial charge < -0.3 is 9.87 Å². The van der Waals surface area contributed by atoms with Crippen LogP contribution < -0.4 is 16.2 Å². The van der Waals surface area contributed by atoms with E-state index in [1.54, 1.807) is 10.9 Å². The van der Waals surface area contributed by atoms with Crippen LogP contribution in [0.4, 0.5) is 5.69 Å². The quantitative estimate of drug-likeness (QED) is 0.420. The van der Waals surface area contributed by atoms with Gasteiger partial charge in [0.05, 0.1) is 22.8 Å². The van der Waals surface area contributed by atoms with Crippen LogP contribution in [0.25, 0.3) is 11.0 Å². The predicted molar refractivity (Wildman–Crippen MR) is 100 cm³/mol. The lowest BCUT2D eigenvalue weighted by atomic mass is 10.1. The number of amides is 2. The highest BCUT2D eigenvalue weighted by atomic mass is 32.2. The van der Waals surface area contributed by atoms with Crippen LogP contribution in [0, 0.1) is 0 Å². The minimum Gasteiger partial charge on any atom is -0.381 e. The summed E-state index contributed by atoms with van der Waals surface area (Å²) in [6.07, 6.45) is 7.43. The van der Waals surface area contributed by atoms with Crippen LogP contribution in [0.15, 0.2) is 12.4 Å². The number of pyridine rings is 1. The van der Waals surface area contributed by atoms with E-state index in [9.17, 15) is 13.8 Å². The fourth-order valence-corrected chi connectivity index (χ4v) is 3.50. The molecule has 10 nitrogen and oxygen atoms in total. The Balaban J connectivity index is 1.87. The minimum atomic E-state index is -2.28. The number of anilines is 1. The molecule has 0 radical (unpaired) electrons. The summed E-state index contributed by atoms with van der Waals surface area (Å²) in [5.41, 5.74) is 5.97. The molecule has 4 N–H and O–H groups in total. The van der Waals surface area contributed by atoms with Crippen LogP contribution in [-0.2, 0) is 22.4 Å². The summed E-state index contributed by atoms with van der Waals surface area (Å²) < 4.78 is 21.1. The van der Waals surface area contributed by atoms with Crippen molar-refractivity contribution in [2.24, 2.45) is 0 Å². The number of aryl methyl sites for hydroxylation is 1. The maximum Gasteiger partial charge on any atom is 0.273 e. The average molecular weight is 394 g/mol. The van der Waals surface area contributed by atoms with Crippen LogP contribution in [0.2, 0.25) is 0 Å². The molecule has 3 rings (SSSR count). The Bertz CT molecular complexity index is 877. The molecule has 1 fully saturated rings. The molecule has 2 amide bonds. The molecule has 0 saturated heterocycles. The Hall–Kier alpha value is -2.53. The van der Waals surface area contributed by atoms with E-state index in [0.717, 1.165) is 31.1 Å². The molecule has 1 aliphatic rings. The van der Waals surface area contributed by atoms with Crippen molar-refractivity contribution >= 4 is 39.6 Å². The Morgan fingerprint density at radius 1 is 1.30 bits per heavy atom. The summed E-state index contributed by atoms with van der Waals surface area (Å²) in [4.78, 5) is 28.4. The average Bonchev–Trinajstić information content (AvgIpc) is 3.28. The lowest BCUT2D eigenvalue weighted by molar-refractivity contribution is -0.119. The molecule has 1 atom stereocenters. The maximum absolute atomic E-state index is 12.6. The number of nitrogens with one attached hydrogen (secondary N) is 3. The summed E-state index contributed by atoms with van der Waals surface area (Å²) in [5, 5.41) is 8.48. The molecule has 1 aliphatic carbocycles. The van der Waals surface area contributed by atoms with E-state index in [-0.39, 0.29) is 11.6 Å². The van der Waals surface area contributed by atoms with Gasteiger partial charge in [-0.2, -0.15) is 5.10 Å². The van der Waals surface area contributed by atoms with Gasteiger partial charge in [0, 0.05) is 18.8 Å². The van der Waals surface area contributed by atoms with E-state index in [1.165, 1.54) is 6.20 Å². The summed E-state index contributed by atoms with van der Waals surface area (Å²) >= 11 is -2.28. The van der Waals surface area contributed by atoms with Gasteiger partial charge in [-0.3, -0.25) is 20.4 Å². The molecule has 1 saturated carbocycles. The number of hydrogen-bond donors (Lipinski definition) is 4. The number of rotatable bonds is 6. The molecule has 27 heavy (non-hydrogen) atoms. The zero-order valence-electron chi connectivity index (χ0n) is 14.9. The highest BCUT2D eigenvalue weighted by Gasteiger charge is 2.22. The second-order valence-electron chi connectivity index (χ2n) is 6.34. The number of hydrogen-bond acceptors (Lipinski definition) is 6. The molecule has 146 valence electrons. The second kappa shape index (κ2) is 8.44. The van der Waals surface area contributed by atoms with Gasteiger partial charge in [-0.25, -0.2) is 13.9 Å². The lowest BCUT2D eigenvalue weighted by Crippen LogP contribution is -2.43. The SMILES string of the molecule is CCn1ncc2c(NC3CCCC3)c(C(=O)NNC(=O)CS(=O)O)cnc21. The van der Waals surface area contributed by atoms with Crippen molar-refractivity contribution in [3.63, 3.8) is 0 Å². The van der Waals surface area contributed by atoms with Crippen molar-refractivity contribution < 1.29 is 18.4 Å². The van der Waals surface area contributed by atoms with Crippen molar-refractivity contribution in [2.45, 2.75) is 45.2 Å². The van der Waals surface area contributed by atoms with Gasteiger partial charge in [0.1, 0.15) is 5.75 Å². The third kappa shape index (κ3) is 4.42. The fourth-order valence-electron chi connectivity index (χ4n) is 3.20. The highest BCUT2D eigenvalue weighted by Crippen LogP contribution is 2.30. The van der Waals surface area contributed by atoms with Crippen molar-refractivity contribution in [3.05, 3.63) is 18.0 Å². The first-order chi connectivity index (χ1) is 13.0. The van der Waals surface area contributed by atoms with E-state index >= 15 is 0 Å². The van der Waals surface area contributed by atoms with Gasteiger partial charge in [-0.15, -0.1) is 0 Å². The van der Waals surface area contributed by atoms with Crippen molar-refractivity contribution in [1.82, 2.24) is 25.6 Å². The van der Waals surface area contributed by atoms with Crippen LogP contribution in [0.5, 0.6) is 0 Å². The van der Waals surface area contributed by atoms with Crippen molar-refractivity contribution in [3.8, 4) is 0 Å². The first-order valence-corrected chi connectivity index (χ1v) is 10.0. The summed E-state index contributed by atoms with van der Waals surface area (Å²) in [7, 11) is 0. The Morgan fingerprint density at radius 2 is 2.04 bits per heavy atom. The van der Waals surface area contributed by atoms with Gasteiger partial charge in [-0.05, 0) is 19.8 Å². The number of fused-ring (bicyclic) bond motifs is 1. The minimum absolute atomic E-state index is 0.263. The molecule has 2 heterocycles. The van der Waals surface area contributed by atoms with Gasteiger partial charge in [0.2, 0.25) is 0 Å². The molecular formula is C16H22N6O4S. The van der Waals surface area contributed by atoms with Crippen LogP contribution in [-0.4, -0.2) is 47.1 Å². The molecule has 0 aromatic carbocycles. The first kappa shape index (κ1) is 19.2. The smallest absolute Gasteiger partial charge is 0.273 e. The standard InChI is InChI=1S/C16H22N6O4S/c1-2-22-15-11(8-18-22)14(19-10-5-3-4-6-10)12(7-17-15)16(24)21-20-13(23)9-27(25)26/h7-8,10H,2-6,9H2,1H3,(H,17,19)(H,20,23)(H,21,24)(H,25,26). The predicted octanol–water partition coefficient (Wildman–Crippen LogP) is 0.788. The Labute approximate surface area is 158 Å². The number of hydrazine groups is 1. The fraction of sp³-hybridized carbons (Fsp3) is 0.500. The van der Waals surface area contributed by atoms with E-state index in [4.69, 9.17) is 4.55 Å². The molecule has 2 aromatic heterocycles.